The second-order valence-corrected chi connectivity index (χ2v) is 9.24. The fourth-order valence-electron chi connectivity index (χ4n) is 3.99. The topological polar surface area (TPSA) is 101 Å². The molecule has 0 aliphatic rings. The molecule has 2 aromatic carbocycles. The zero-order valence-corrected chi connectivity index (χ0v) is 20.8. The summed E-state index contributed by atoms with van der Waals surface area (Å²) in [7, 11) is 0. The van der Waals surface area contributed by atoms with Crippen molar-refractivity contribution in [1.82, 2.24) is 35.0 Å². The van der Waals surface area contributed by atoms with Crippen molar-refractivity contribution in [1.29, 1.82) is 0 Å². The number of halogens is 3. The zero-order chi connectivity index (χ0) is 25.4. The first-order valence-corrected chi connectivity index (χ1v) is 11.8. The number of H-pyrrole nitrogens is 1. The highest BCUT2D eigenvalue weighted by Crippen LogP contribution is 2.30. The first-order chi connectivity index (χ1) is 17.3. The minimum atomic E-state index is -0.501. The van der Waals surface area contributed by atoms with Crippen LogP contribution in [0.3, 0.4) is 0 Å². The fraction of sp³-hybridized carbons (Fsp3) is 0.160. The van der Waals surface area contributed by atoms with E-state index in [0.29, 0.717) is 17.1 Å². The van der Waals surface area contributed by atoms with E-state index < -0.39 is 17.6 Å². The molecule has 3 heterocycles. The van der Waals surface area contributed by atoms with Crippen LogP contribution in [-0.4, -0.2) is 42.2 Å². The lowest BCUT2D eigenvalue weighted by Crippen LogP contribution is -2.30. The van der Waals surface area contributed by atoms with Gasteiger partial charge in [-0.15, -0.1) is 10.2 Å². The van der Waals surface area contributed by atoms with E-state index in [2.05, 4.69) is 25.5 Å². The third-order valence-electron chi connectivity index (χ3n) is 6.01. The van der Waals surface area contributed by atoms with Gasteiger partial charge in [0.2, 0.25) is 0 Å². The number of aryl methyl sites for hydroxylation is 2. The van der Waals surface area contributed by atoms with Gasteiger partial charge >= 0.3 is 0 Å². The number of hydrogen-bond donors (Lipinski definition) is 2. The summed E-state index contributed by atoms with van der Waals surface area (Å²) in [4.78, 5) is 25.2. The van der Waals surface area contributed by atoms with Crippen molar-refractivity contribution in [2.75, 3.05) is 6.54 Å². The van der Waals surface area contributed by atoms with Gasteiger partial charge in [0.25, 0.3) is 5.91 Å². The Morgan fingerprint density at radius 1 is 1.06 bits per heavy atom. The summed E-state index contributed by atoms with van der Waals surface area (Å²) in [6, 6.07) is 8.58. The van der Waals surface area contributed by atoms with E-state index in [1.54, 1.807) is 22.9 Å². The zero-order valence-electron chi connectivity index (χ0n) is 19.3. The van der Waals surface area contributed by atoms with E-state index in [1.165, 1.54) is 18.7 Å². The Morgan fingerprint density at radius 3 is 2.44 bits per heavy atom. The van der Waals surface area contributed by atoms with Gasteiger partial charge in [0.05, 0.1) is 44.4 Å². The van der Waals surface area contributed by atoms with E-state index in [-0.39, 0.29) is 22.2 Å². The average molecular weight is 524 g/mol. The van der Waals surface area contributed by atoms with Gasteiger partial charge in [0.1, 0.15) is 24.3 Å². The molecule has 0 bridgehead atoms. The maximum Gasteiger partial charge on any atom is 0.254 e. The number of imidazole rings is 1. The number of nitrogens with one attached hydrogen (secondary N) is 2. The minimum Gasteiger partial charge on any atom is -0.351 e. The summed E-state index contributed by atoms with van der Waals surface area (Å²) in [5.41, 5.74) is 5.16. The second kappa shape index (κ2) is 9.67. The number of benzene rings is 2. The van der Waals surface area contributed by atoms with Gasteiger partial charge in [-0.2, -0.15) is 0 Å². The molecule has 36 heavy (non-hydrogen) atoms. The molecule has 182 valence electrons. The number of hydrogen-bond acceptors (Lipinski definition) is 5. The molecule has 5 aromatic rings. The van der Waals surface area contributed by atoms with Gasteiger partial charge in [-0.05, 0) is 60.9 Å². The van der Waals surface area contributed by atoms with Crippen molar-refractivity contribution in [3.05, 3.63) is 99.3 Å². The Bertz CT molecular complexity index is 1520. The lowest BCUT2D eigenvalue weighted by Gasteiger charge is -2.17. The molecule has 0 unspecified atom stereocenters. The molecule has 0 aliphatic carbocycles. The van der Waals surface area contributed by atoms with Gasteiger partial charge in [-0.3, -0.25) is 14.3 Å². The van der Waals surface area contributed by atoms with E-state index >= 15 is 0 Å². The highest BCUT2D eigenvalue weighted by Gasteiger charge is 2.23. The molecule has 0 saturated heterocycles. The average Bonchev–Trinajstić information content (AvgIpc) is 3.50. The van der Waals surface area contributed by atoms with Crippen LogP contribution in [0.25, 0.3) is 16.7 Å². The molecule has 0 radical (unpaired) electrons. The Balaban J connectivity index is 1.46. The van der Waals surface area contributed by atoms with Gasteiger partial charge in [-0.25, -0.2) is 9.37 Å². The Kier molecular flexibility index (Phi) is 6.42. The number of aromatic nitrogens is 6. The summed E-state index contributed by atoms with van der Waals surface area (Å²) in [5, 5.41) is 10.7. The summed E-state index contributed by atoms with van der Waals surface area (Å²) in [5.74, 6) is -0.887. The van der Waals surface area contributed by atoms with Gasteiger partial charge in [0, 0.05) is 12.7 Å². The maximum absolute atomic E-state index is 14.1. The van der Waals surface area contributed by atoms with E-state index in [4.69, 9.17) is 28.2 Å². The third kappa shape index (κ3) is 4.67. The summed E-state index contributed by atoms with van der Waals surface area (Å²) < 4.78 is 15.7. The normalized spacial score (nSPS) is 12.1. The van der Waals surface area contributed by atoms with Crippen LogP contribution in [0, 0.1) is 19.7 Å². The molecule has 5 rings (SSSR count). The van der Waals surface area contributed by atoms with E-state index in [1.807, 2.05) is 26.0 Å². The first-order valence-electron chi connectivity index (χ1n) is 11.0. The summed E-state index contributed by atoms with van der Waals surface area (Å²) >= 11 is 12.8. The summed E-state index contributed by atoms with van der Waals surface area (Å²) in [6.45, 7) is 4.13. The molecule has 1 amide bonds. The predicted molar refractivity (Wildman–Crippen MR) is 135 cm³/mol. The molecule has 0 spiro atoms. The van der Waals surface area contributed by atoms with Crippen molar-refractivity contribution in [2.45, 2.75) is 19.8 Å². The van der Waals surface area contributed by atoms with Crippen LogP contribution in [0.5, 0.6) is 0 Å². The van der Waals surface area contributed by atoms with Gasteiger partial charge in [-0.1, -0.05) is 23.2 Å². The highest BCUT2D eigenvalue weighted by molar-refractivity contribution is 6.40. The molecule has 11 heteroatoms. The smallest absolute Gasteiger partial charge is 0.254 e. The molecule has 0 fully saturated rings. The van der Waals surface area contributed by atoms with Gasteiger partial charge in [0.15, 0.2) is 0 Å². The van der Waals surface area contributed by atoms with Crippen LogP contribution in [0.15, 0.2) is 55.4 Å². The van der Waals surface area contributed by atoms with E-state index in [0.717, 1.165) is 28.4 Å². The second-order valence-electron chi connectivity index (χ2n) is 8.43. The Morgan fingerprint density at radius 2 is 1.75 bits per heavy atom. The van der Waals surface area contributed by atoms with E-state index in [9.17, 15) is 9.18 Å². The van der Waals surface area contributed by atoms with Crippen LogP contribution < -0.4 is 5.32 Å². The van der Waals surface area contributed by atoms with Crippen molar-refractivity contribution in [3.8, 4) is 5.69 Å². The quantitative estimate of drug-likeness (QED) is 0.320. The van der Waals surface area contributed by atoms with Crippen molar-refractivity contribution >= 4 is 40.1 Å². The number of rotatable bonds is 6. The number of carbonyl (C=O) groups excluding carboxylic acids is 1. The largest absolute Gasteiger partial charge is 0.351 e. The molecule has 0 saturated carbocycles. The molecule has 8 nitrogen and oxygen atoms in total. The number of nitrogens with zero attached hydrogens (tertiary/aromatic N) is 5. The Hall–Kier alpha value is -3.82. The SMILES string of the molecule is Cc1cc2nc([C@@H](CNC(=O)c3c(Cl)cc(-n4cnnc4)cc3Cl)c3cncc(F)c3)[nH]c2cc1C. The lowest BCUT2D eigenvalue weighted by atomic mass is 9.99. The third-order valence-corrected chi connectivity index (χ3v) is 6.61. The molecular weight excluding hydrogens is 504 g/mol. The predicted octanol–water partition coefficient (Wildman–Crippen LogP) is 5.16. The van der Waals surface area contributed by atoms with Crippen LogP contribution in [0.4, 0.5) is 4.39 Å². The van der Waals surface area contributed by atoms with Crippen LogP contribution in [0.2, 0.25) is 10.0 Å². The van der Waals surface area contributed by atoms with Crippen molar-refractivity contribution in [2.24, 2.45) is 0 Å². The van der Waals surface area contributed by atoms with Crippen molar-refractivity contribution in [3.63, 3.8) is 0 Å². The first kappa shape index (κ1) is 23.9. The van der Waals surface area contributed by atoms with Gasteiger partial charge < -0.3 is 10.3 Å². The Labute approximate surface area is 215 Å². The number of aromatic amines is 1. The number of amides is 1. The monoisotopic (exact) mass is 523 g/mol. The van der Waals surface area contributed by atoms with Crippen molar-refractivity contribution < 1.29 is 9.18 Å². The number of carbonyl (C=O) groups is 1. The van der Waals surface area contributed by atoms with Crippen LogP contribution in [0.1, 0.15) is 38.8 Å². The number of pyridine rings is 1. The fourth-order valence-corrected chi connectivity index (χ4v) is 4.64. The maximum atomic E-state index is 14.1. The molecule has 1 atom stereocenters. The standard InChI is InChI=1S/C25H20Cl2FN7O/c1-13-3-21-22(4-14(13)2)34-24(33-21)18(15-5-16(28)9-29-8-15)10-30-25(36)23-19(26)6-17(7-20(23)27)35-11-31-32-12-35/h3-9,11-12,18H,10H2,1-2H3,(H,30,36)(H,33,34)/t18-/m0/s1. The molecular formula is C25H20Cl2FN7O. The lowest BCUT2D eigenvalue weighted by molar-refractivity contribution is 0.0952. The van der Waals surface area contributed by atoms with Crippen LogP contribution >= 0.6 is 23.2 Å². The minimum absolute atomic E-state index is 0.0988. The molecule has 0 aliphatic heterocycles. The highest BCUT2D eigenvalue weighted by atomic mass is 35.5. The van der Waals surface area contributed by atoms with Crippen LogP contribution in [-0.2, 0) is 0 Å². The molecule has 2 N–H and O–H groups in total. The number of fused-ring (bicyclic) bond motifs is 1. The molecule has 3 aromatic heterocycles. The summed E-state index contributed by atoms with van der Waals surface area (Å²) in [6.07, 6.45) is 5.67.